The van der Waals surface area contributed by atoms with Crippen LogP contribution in [0.4, 0.5) is 5.69 Å². The second-order valence-corrected chi connectivity index (χ2v) is 9.90. The van der Waals surface area contributed by atoms with E-state index in [4.69, 9.17) is 0 Å². The van der Waals surface area contributed by atoms with E-state index in [1.54, 1.807) is 0 Å². The highest BCUT2D eigenvalue weighted by molar-refractivity contribution is 7.99. The van der Waals surface area contributed by atoms with Gasteiger partial charge < -0.3 is 4.74 Å². The molecular weight excluding hydrogens is 392 g/mol. The largest absolute Gasteiger partial charge is 0.469 e. The second kappa shape index (κ2) is 9.03. The van der Waals surface area contributed by atoms with Crippen molar-refractivity contribution in [1.29, 1.82) is 0 Å². The van der Waals surface area contributed by atoms with Crippen LogP contribution >= 0.6 is 11.8 Å². The molecule has 0 radical (unpaired) electrons. The molecule has 1 heterocycles. The molecule has 1 saturated heterocycles. The van der Waals surface area contributed by atoms with Gasteiger partial charge in [-0.25, -0.2) is 8.42 Å². The molecule has 0 bridgehead atoms. The van der Waals surface area contributed by atoms with Crippen molar-refractivity contribution in [3.63, 3.8) is 0 Å². The summed E-state index contributed by atoms with van der Waals surface area (Å²) in [6.45, 7) is 4.83. The lowest BCUT2D eigenvalue weighted by molar-refractivity contribution is -0.388. The summed E-state index contributed by atoms with van der Waals surface area (Å²) in [6.07, 6.45) is 1.07. The minimum absolute atomic E-state index is 0.0761. The summed E-state index contributed by atoms with van der Waals surface area (Å²) in [5.41, 5.74) is -0.274. The molecule has 1 fully saturated rings. The number of sulfonamides is 1. The van der Waals surface area contributed by atoms with Crippen LogP contribution in [0.15, 0.2) is 28.0 Å². The van der Waals surface area contributed by atoms with Crippen molar-refractivity contribution in [3.05, 3.63) is 28.3 Å². The predicted molar refractivity (Wildman–Crippen MR) is 102 cm³/mol. The Balaban J connectivity index is 2.26. The fraction of sp³-hybridized carbons (Fsp3) is 0.588. The molecule has 27 heavy (non-hydrogen) atoms. The third kappa shape index (κ3) is 5.43. The third-order valence-electron chi connectivity index (χ3n) is 4.39. The number of rotatable bonds is 7. The molecule has 1 aliphatic heterocycles. The maximum Gasteiger partial charge on any atom is 0.306 e. The van der Waals surface area contributed by atoms with Gasteiger partial charge >= 0.3 is 5.97 Å². The molecule has 1 aliphatic rings. The molecule has 1 aromatic rings. The maximum atomic E-state index is 12.9. The van der Waals surface area contributed by atoms with Crippen molar-refractivity contribution in [1.82, 2.24) is 4.31 Å². The number of methoxy groups -OCH3 is 1. The number of nitrogens with zero attached hydrogens (tertiary/aromatic N) is 2. The lowest BCUT2D eigenvalue weighted by Gasteiger charge is -2.34. The quantitative estimate of drug-likeness (QED) is 0.291. The summed E-state index contributed by atoms with van der Waals surface area (Å²) < 4.78 is 31.8. The first-order chi connectivity index (χ1) is 12.6. The lowest BCUT2D eigenvalue weighted by atomic mass is 9.94. The number of esters is 1. The van der Waals surface area contributed by atoms with Crippen LogP contribution in [0.2, 0.25) is 0 Å². The van der Waals surface area contributed by atoms with Crippen LogP contribution in [0.1, 0.15) is 26.7 Å². The average molecular weight is 417 g/mol. The number of nitro groups is 1. The average Bonchev–Trinajstić information content (AvgIpc) is 2.60. The van der Waals surface area contributed by atoms with Crippen LogP contribution in [0.3, 0.4) is 0 Å². The molecule has 2 atom stereocenters. The van der Waals surface area contributed by atoms with Gasteiger partial charge in [-0.3, -0.25) is 14.9 Å². The van der Waals surface area contributed by atoms with E-state index >= 15 is 0 Å². The Morgan fingerprint density at radius 2 is 1.96 bits per heavy atom. The first-order valence-corrected chi connectivity index (χ1v) is 11.1. The van der Waals surface area contributed by atoms with Crippen LogP contribution in [-0.4, -0.2) is 49.6 Å². The van der Waals surface area contributed by atoms with E-state index in [1.807, 2.05) is 13.8 Å². The first kappa shape index (κ1) is 21.6. The second-order valence-electron chi connectivity index (χ2n) is 6.83. The van der Waals surface area contributed by atoms with E-state index in [-0.39, 0.29) is 28.8 Å². The monoisotopic (exact) mass is 416 g/mol. The highest BCUT2D eigenvalue weighted by Gasteiger charge is 2.33. The Kier molecular flexibility index (Phi) is 7.24. The van der Waals surface area contributed by atoms with Crippen LogP contribution in [-0.2, 0) is 19.6 Å². The summed E-state index contributed by atoms with van der Waals surface area (Å²) in [5, 5.41) is 11.4. The Morgan fingerprint density at radius 3 is 2.52 bits per heavy atom. The number of nitro benzene ring substituents is 1. The third-order valence-corrected chi connectivity index (χ3v) is 7.28. The standard InChI is InChI=1S/C17H24N2O6S2/c1-12-8-13(2)11-18(10-12)27(23,24)14-4-5-16(15(9-14)19(21)22)26-7-6-17(20)25-3/h4-5,9,12-13H,6-8,10-11H2,1-3H3/t12-,13+. The van der Waals surface area contributed by atoms with Crippen LogP contribution in [0, 0.1) is 22.0 Å². The highest BCUT2D eigenvalue weighted by Crippen LogP contribution is 2.34. The molecular formula is C17H24N2O6S2. The van der Waals surface area contributed by atoms with Gasteiger partial charge in [-0.2, -0.15) is 4.31 Å². The zero-order valence-corrected chi connectivity index (χ0v) is 17.2. The van der Waals surface area contributed by atoms with E-state index in [2.05, 4.69) is 4.74 Å². The van der Waals surface area contributed by atoms with Crippen molar-refractivity contribution in [2.24, 2.45) is 11.8 Å². The molecule has 2 rings (SSSR count). The molecule has 0 spiro atoms. The van der Waals surface area contributed by atoms with E-state index in [0.29, 0.717) is 23.7 Å². The predicted octanol–water partition coefficient (Wildman–Crippen LogP) is 2.92. The molecule has 0 saturated carbocycles. The number of carbonyl (C=O) groups is 1. The van der Waals surface area contributed by atoms with Gasteiger partial charge in [0.1, 0.15) is 0 Å². The van der Waals surface area contributed by atoms with E-state index in [1.165, 1.54) is 23.5 Å². The number of piperidine rings is 1. The number of carbonyl (C=O) groups excluding carboxylic acids is 1. The van der Waals surface area contributed by atoms with Crippen LogP contribution in [0.5, 0.6) is 0 Å². The smallest absolute Gasteiger partial charge is 0.306 e. The number of benzene rings is 1. The Labute approximate surface area is 163 Å². The zero-order valence-electron chi connectivity index (χ0n) is 15.6. The Hall–Kier alpha value is -1.65. The summed E-state index contributed by atoms with van der Waals surface area (Å²) in [6, 6.07) is 3.94. The molecule has 1 aromatic carbocycles. The molecule has 0 aliphatic carbocycles. The van der Waals surface area contributed by atoms with Crippen molar-refractivity contribution < 1.29 is 22.9 Å². The van der Waals surface area contributed by atoms with Crippen LogP contribution in [0.25, 0.3) is 0 Å². The number of thioether (sulfide) groups is 1. The van der Waals surface area contributed by atoms with Crippen LogP contribution < -0.4 is 0 Å². The molecule has 0 N–H and O–H groups in total. The molecule has 0 aromatic heterocycles. The number of ether oxygens (including phenoxy) is 1. The maximum absolute atomic E-state index is 12.9. The SMILES string of the molecule is COC(=O)CCSc1ccc(S(=O)(=O)N2C[C@H](C)C[C@H](C)C2)cc1[N+](=O)[O-]. The van der Waals surface area contributed by atoms with Gasteiger partial charge in [-0.05, 0) is 30.4 Å². The number of hydrogen-bond acceptors (Lipinski definition) is 7. The molecule has 8 nitrogen and oxygen atoms in total. The minimum Gasteiger partial charge on any atom is -0.469 e. The summed E-state index contributed by atoms with van der Waals surface area (Å²) in [4.78, 5) is 22.3. The van der Waals surface area contributed by atoms with Crippen molar-refractivity contribution in [2.75, 3.05) is 26.0 Å². The van der Waals surface area contributed by atoms with Gasteiger partial charge in [-0.15, -0.1) is 11.8 Å². The molecule has 0 unspecified atom stereocenters. The highest BCUT2D eigenvalue weighted by atomic mass is 32.2. The van der Waals surface area contributed by atoms with Gasteiger partial charge in [0.05, 0.1) is 28.2 Å². The topological polar surface area (TPSA) is 107 Å². The first-order valence-electron chi connectivity index (χ1n) is 8.63. The number of hydrogen-bond donors (Lipinski definition) is 0. The molecule has 0 amide bonds. The van der Waals surface area contributed by atoms with Crippen molar-refractivity contribution in [3.8, 4) is 0 Å². The molecule has 10 heteroatoms. The summed E-state index contributed by atoms with van der Waals surface area (Å²) in [5.74, 6) is 0.386. The Morgan fingerprint density at radius 1 is 1.33 bits per heavy atom. The summed E-state index contributed by atoms with van der Waals surface area (Å²) in [7, 11) is -2.52. The van der Waals surface area contributed by atoms with Gasteiger partial charge in [0.25, 0.3) is 5.69 Å². The van der Waals surface area contributed by atoms with E-state index < -0.39 is 20.9 Å². The fourth-order valence-corrected chi connectivity index (χ4v) is 5.85. The lowest BCUT2D eigenvalue weighted by Crippen LogP contribution is -2.42. The Bertz CT molecular complexity index is 802. The van der Waals surface area contributed by atoms with Crippen molar-refractivity contribution in [2.45, 2.75) is 36.5 Å². The van der Waals surface area contributed by atoms with Gasteiger partial charge in [0, 0.05) is 24.9 Å². The summed E-state index contributed by atoms with van der Waals surface area (Å²) >= 11 is 1.12. The van der Waals surface area contributed by atoms with E-state index in [0.717, 1.165) is 24.2 Å². The zero-order chi connectivity index (χ0) is 20.2. The minimum atomic E-state index is -3.79. The molecule has 150 valence electrons. The van der Waals surface area contributed by atoms with Crippen molar-refractivity contribution >= 4 is 33.4 Å². The van der Waals surface area contributed by atoms with E-state index in [9.17, 15) is 23.3 Å². The fourth-order valence-electron chi connectivity index (χ4n) is 3.22. The van der Waals surface area contributed by atoms with Gasteiger partial charge in [-0.1, -0.05) is 13.8 Å². The normalized spacial score (nSPS) is 21.0. The van der Waals surface area contributed by atoms with Gasteiger partial charge in [0.2, 0.25) is 10.0 Å². The van der Waals surface area contributed by atoms with Gasteiger partial charge in [0.15, 0.2) is 0 Å².